The van der Waals surface area contributed by atoms with Crippen LogP contribution in [0.5, 0.6) is 0 Å². The molecular weight excluding hydrogens is 274 g/mol. The summed E-state index contributed by atoms with van der Waals surface area (Å²) in [7, 11) is 0. The van der Waals surface area contributed by atoms with Crippen molar-refractivity contribution in [1.29, 1.82) is 0 Å². The summed E-state index contributed by atoms with van der Waals surface area (Å²) in [5, 5.41) is 0. The van der Waals surface area contributed by atoms with Crippen LogP contribution < -0.4 is 5.73 Å². The van der Waals surface area contributed by atoms with Gasteiger partial charge in [-0.05, 0) is 74.0 Å². The molecule has 4 bridgehead atoms. The molecule has 4 heteroatoms. The Hall–Kier alpha value is -0.280. The molecule has 0 radical (unpaired) electrons. The summed E-state index contributed by atoms with van der Waals surface area (Å²) < 4.78 is 5.54. The number of carbonyl (C=O) groups excluding carboxylic acids is 1. The fourth-order valence-electron chi connectivity index (χ4n) is 6.48. The van der Waals surface area contributed by atoms with Gasteiger partial charge in [0, 0.05) is 19.1 Å². The van der Waals surface area contributed by atoms with Gasteiger partial charge in [-0.1, -0.05) is 0 Å². The van der Waals surface area contributed by atoms with Gasteiger partial charge in [-0.25, -0.2) is 0 Å². The Morgan fingerprint density at radius 3 is 2.20 bits per heavy atom. The number of halogens is 1. The molecule has 2 N–H and O–H groups in total. The average Bonchev–Trinajstić information content (AvgIpc) is 2.38. The van der Waals surface area contributed by atoms with Gasteiger partial charge in [-0.2, -0.15) is 0 Å². The molecule has 114 valence electrons. The monoisotopic (exact) mass is 299 g/mol. The van der Waals surface area contributed by atoms with Gasteiger partial charge in [0.25, 0.3) is 0 Å². The van der Waals surface area contributed by atoms with E-state index in [4.69, 9.17) is 10.5 Å². The topological polar surface area (TPSA) is 52.3 Å². The zero-order valence-electron chi connectivity index (χ0n) is 12.1. The summed E-state index contributed by atoms with van der Waals surface area (Å²) in [6, 6.07) is 0. The number of nitrogens with two attached hydrogens (primary N) is 1. The lowest BCUT2D eigenvalue weighted by Gasteiger charge is -2.63. The summed E-state index contributed by atoms with van der Waals surface area (Å²) in [5.41, 5.74) is 6.09. The molecule has 0 aromatic carbocycles. The smallest absolute Gasteiger partial charge is 0.221 e. The van der Waals surface area contributed by atoms with E-state index in [9.17, 15) is 4.79 Å². The summed E-state index contributed by atoms with van der Waals surface area (Å²) in [5.74, 6) is 3.23. The Bertz CT molecular complexity index is 380. The van der Waals surface area contributed by atoms with Crippen molar-refractivity contribution in [3.8, 4) is 0 Å². The molecule has 5 fully saturated rings. The van der Waals surface area contributed by atoms with Crippen molar-refractivity contribution in [3.63, 3.8) is 0 Å². The van der Waals surface area contributed by atoms with Crippen LogP contribution in [0.3, 0.4) is 0 Å². The van der Waals surface area contributed by atoms with Crippen LogP contribution in [0.4, 0.5) is 0 Å². The van der Waals surface area contributed by atoms with Gasteiger partial charge in [-0.15, -0.1) is 12.4 Å². The first-order valence-corrected chi connectivity index (χ1v) is 8.06. The summed E-state index contributed by atoms with van der Waals surface area (Å²) >= 11 is 0. The maximum absolute atomic E-state index is 12.1. The zero-order valence-corrected chi connectivity index (χ0v) is 12.9. The van der Waals surface area contributed by atoms with Crippen molar-refractivity contribution in [2.24, 2.45) is 40.7 Å². The number of ether oxygens (including phenoxy) is 1. The molecule has 5 aliphatic rings. The van der Waals surface area contributed by atoms with Gasteiger partial charge in [0.2, 0.25) is 5.91 Å². The molecule has 0 aromatic heterocycles. The molecule has 0 spiro atoms. The highest BCUT2D eigenvalue weighted by Crippen LogP contribution is 2.66. The van der Waals surface area contributed by atoms with Crippen LogP contribution in [0.15, 0.2) is 0 Å². The highest BCUT2D eigenvalue weighted by Gasteiger charge is 2.61. The SMILES string of the molecule is Cl.NC(=O)C1C2CC3CC(C2)CC1(C1CCOCC1)C3. The van der Waals surface area contributed by atoms with Gasteiger partial charge in [0.15, 0.2) is 0 Å². The van der Waals surface area contributed by atoms with Crippen molar-refractivity contribution in [2.75, 3.05) is 13.2 Å². The van der Waals surface area contributed by atoms with Crippen LogP contribution in [-0.4, -0.2) is 19.1 Å². The van der Waals surface area contributed by atoms with Crippen LogP contribution in [0.1, 0.15) is 44.9 Å². The maximum Gasteiger partial charge on any atom is 0.221 e. The normalized spacial score (nSPS) is 47.0. The maximum atomic E-state index is 12.1. The molecule has 0 aromatic rings. The van der Waals surface area contributed by atoms with E-state index in [0.29, 0.717) is 11.8 Å². The number of hydrogen-bond donors (Lipinski definition) is 1. The lowest BCUT2D eigenvalue weighted by molar-refractivity contribution is -0.171. The van der Waals surface area contributed by atoms with E-state index in [1.54, 1.807) is 0 Å². The largest absolute Gasteiger partial charge is 0.381 e. The second-order valence-corrected chi connectivity index (χ2v) is 7.61. The van der Waals surface area contributed by atoms with Crippen LogP contribution in [0, 0.1) is 35.0 Å². The van der Waals surface area contributed by atoms with E-state index >= 15 is 0 Å². The van der Waals surface area contributed by atoms with Crippen molar-refractivity contribution >= 4 is 18.3 Å². The first-order valence-electron chi connectivity index (χ1n) is 8.06. The lowest BCUT2D eigenvalue weighted by atomic mass is 9.41. The molecule has 3 atom stereocenters. The fraction of sp³-hybridized carbons (Fsp3) is 0.938. The Kier molecular flexibility index (Phi) is 3.79. The molecule has 3 nitrogen and oxygen atoms in total. The number of hydrogen-bond acceptors (Lipinski definition) is 2. The Labute approximate surface area is 127 Å². The minimum absolute atomic E-state index is 0. The van der Waals surface area contributed by atoms with E-state index in [1.807, 2.05) is 0 Å². The van der Waals surface area contributed by atoms with E-state index in [1.165, 1.54) is 32.1 Å². The van der Waals surface area contributed by atoms with E-state index < -0.39 is 0 Å². The molecule has 4 aliphatic carbocycles. The molecule has 20 heavy (non-hydrogen) atoms. The predicted molar refractivity (Wildman–Crippen MR) is 79.5 cm³/mol. The van der Waals surface area contributed by atoms with Crippen LogP contribution in [0.2, 0.25) is 0 Å². The number of amides is 1. The third-order valence-corrected chi connectivity index (χ3v) is 6.71. The molecule has 4 saturated carbocycles. The Morgan fingerprint density at radius 1 is 1.05 bits per heavy atom. The molecule has 1 saturated heterocycles. The molecule has 1 aliphatic heterocycles. The standard InChI is InChI=1S/C16H25NO2.ClH/c17-15(18)14-12-6-10-5-11(7-12)9-16(14,8-10)13-1-3-19-4-2-13;/h10-14H,1-9H2,(H2,17,18);1H. The minimum atomic E-state index is -0.00436. The van der Waals surface area contributed by atoms with Crippen LogP contribution in [-0.2, 0) is 9.53 Å². The molecule has 1 amide bonds. The first kappa shape index (κ1) is 14.6. The first-order chi connectivity index (χ1) is 9.19. The summed E-state index contributed by atoms with van der Waals surface area (Å²) in [6.07, 6.45) is 8.82. The average molecular weight is 300 g/mol. The molecule has 3 unspecified atom stereocenters. The third-order valence-electron chi connectivity index (χ3n) is 6.71. The van der Waals surface area contributed by atoms with Crippen molar-refractivity contribution in [3.05, 3.63) is 0 Å². The highest BCUT2D eigenvalue weighted by atomic mass is 35.5. The van der Waals surface area contributed by atoms with Crippen molar-refractivity contribution < 1.29 is 9.53 Å². The van der Waals surface area contributed by atoms with Crippen molar-refractivity contribution in [2.45, 2.75) is 44.9 Å². The van der Waals surface area contributed by atoms with Crippen molar-refractivity contribution in [1.82, 2.24) is 0 Å². The predicted octanol–water partition coefficient (Wildman–Crippen LogP) is 2.76. The Morgan fingerprint density at radius 2 is 1.65 bits per heavy atom. The number of primary amides is 1. The minimum Gasteiger partial charge on any atom is -0.381 e. The van der Waals surface area contributed by atoms with Gasteiger partial charge < -0.3 is 10.5 Å². The number of rotatable bonds is 2. The summed E-state index contributed by atoms with van der Waals surface area (Å²) in [6.45, 7) is 1.77. The fourth-order valence-corrected chi connectivity index (χ4v) is 6.48. The lowest BCUT2D eigenvalue weighted by Crippen LogP contribution is -2.60. The quantitative estimate of drug-likeness (QED) is 0.852. The van der Waals surface area contributed by atoms with Gasteiger partial charge in [0.05, 0.1) is 0 Å². The van der Waals surface area contributed by atoms with Crippen LogP contribution in [0.25, 0.3) is 0 Å². The van der Waals surface area contributed by atoms with Gasteiger partial charge in [0.1, 0.15) is 0 Å². The third kappa shape index (κ3) is 2.00. The number of carbonyl (C=O) groups is 1. The Balaban J connectivity index is 0.00000121. The second-order valence-electron chi connectivity index (χ2n) is 7.61. The van der Waals surface area contributed by atoms with E-state index in [0.717, 1.165) is 37.9 Å². The second kappa shape index (κ2) is 5.17. The summed E-state index contributed by atoms with van der Waals surface area (Å²) in [4.78, 5) is 12.1. The highest BCUT2D eigenvalue weighted by molar-refractivity contribution is 5.85. The van der Waals surface area contributed by atoms with Crippen LogP contribution >= 0.6 is 12.4 Å². The van der Waals surface area contributed by atoms with E-state index in [2.05, 4.69) is 0 Å². The van der Waals surface area contributed by atoms with E-state index in [-0.39, 0.29) is 29.6 Å². The molecular formula is C16H26ClNO2. The molecule has 5 rings (SSSR count). The zero-order chi connectivity index (χ0) is 13.0. The molecule has 1 heterocycles. The van der Waals surface area contributed by atoms with Gasteiger partial charge in [-0.3, -0.25) is 4.79 Å². The van der Waals surface area contributed by atoms with Gasteiger partial charge >= 0.3 is 0 Å².